The molecule has 0 spiro atoms. The van der Waals surface area contributed by atoms with Crippen molar-refractivity contribution in [1.82, 2.24) is 0 Å². The summed E-state index contributed by atoms with van der Waals surface area (Å²) in [6.45, 7) is 4.56. The Labute approximate surface area is 169 Å². The van der Waals surface area contributed by atoms with Crippen molar-refractivity contribution >= 4 is 68.6 Å². The third-order valence-corrected chi connectivity index (χ3v) is 2.46. The maximum atomic E-state index is 4.62. The first-order chi connectivity index (χ1) is 9.38. The van der Waals surface area contributed by atoms with Gasteiger partial charge in [-0.2, -0.15) is 0 Å². The summed E-state index contributed by atoms with van der Waals surface area (Å²) < 4.78 is 0. The third-order valence-electron chi connectivity index (χ3n) is 2.46. The van der Waals surface area contributed by atoms with Crippen LogP contribution in [0.2, 0.25) is 0 Å². The molecule has 138 valence electrons. The molecule has 0 radical (unpaired) electrons. The van der Waals surface area contributed by atoms with Crippen LogP contribution in [0.25, 0.3) is 0 Å². The summed E-state index contributed by atoms with van der Waals surface area (Å²) in [5, 5.41) is 0.000000000000000444. The molecule has 0 saturated carbocycles. The Morgan fingerprint density at radius 3 is 0.818 bits per heavy atom. The molecule has 0 bridgehead atoms. The summed E-state index contributed by atoms with van der Waals surface area (Å²) in [5.74, 6) is 0. The minimum absolute atomic E-state index is 0. The fourth-order valence-corrected chi connectivity index (χ4v) is 1.56. The maximum absolute atomic E-state index is 4.62. The fraction of sp³-hybridized carbons (Fsp3) is 0.857. The first-order valence-corrected chi connectivity index (χ1v) is 8.29. The maximum Gasteiger partial charge on any atom is 0.160 e. The van der Waals surface area contributed by atoms with Crippen molar-refractivity contribution in [3.8, 4) is 0 Å². The molecule has 0 aliphatic rings. The molecule has 0 saturated heterocycles. The molecule has 0 aromatic carbocycles. The van der Waals surface area contributed by atoms with Gasteiger partial charge in [0.1, 0.15) is 0 Å². The monoisotopic (exact) mass is 482 g/mol. The van der Waals surface area contributed by atoms with E-state index in [0.717, 1.165) is 0 Å². The quantitative estimate of drug-likeness (QED) is 0.285. The highest BCUT2D eigenvalue weighted by Crippen LogP contribution is 2.09. The first kappa shape index (κ1) is 33.8. The molecule has 0 aliphatic heterocycles. The van der Waals surface area contributed by atoms with Gasteiger partial charge in [-0.15, -0.1) is 34.0 Å². The van der Waals surface area contributed by atoms with Crippen molar-refractivity contribution in [3.63, 3.8) is 0 Å². The van der Waals surface area contributed by atoms with Crippen molar-refractivity contribution in [1.29, 1.82) is 0 Å². The van der Waals surface area contributed by atoms with Crippen LogP contribution in [-0.4, -0.2) is 10.2 Å². The molecule has 0 rings (SSSR count). The van der Waals surface area contributed by atoms with Crippen molar-refractivity contribution in [2.75, 3.05) is 0 Å². The second-order valence-electron chi connectivity index (χ2n) is 4.63. The molecule has 0 aliphatic carbocycles. The lowest BCUT2D eigenvalue weighted by molar-refractivity contribution is 0.562. The lowest BCUT2D eigenvalue weighted by Crippen LogP contribution is -2.18. The topological polar surface area (TPSA) is 104 Å². The molecule has 22 heavy (non-hydrogen) atoms. The Balaban J connectivity index is -0.0000000812. The number of halogens is 2. The largest absolute Gasteiger partial charge is 0.377 e. The SMILES string of the molecule is Br.Br.CCCCCCCCCCCC.NC(N)=S.NC(N)=S. The van der Waals surface area contributed by atoms with Crippen LogP contribution < -0.4 is 22.9 Å². The highest BCUT2D eigenvalue weighted by molar-refractivity contribution is 8.93. The minimum atomic E-state index is 0. The zero-order chi connectivity index (χ0) is 16.2. The van der Waals surface area contributed by atoms with Gasteiger partial charge in [0.05, 0.1) is 0 Å². The number of hydrogen-bond donors (Lipinski definition) is 4. The van der Waals surface area contributed by atoms with Crippen LogP contribution in [0.1, 0.15) is 78.1 Å². The second-order valence-corrected chi connectivity index (χ2v) is 5.58. The number of thiocarbonyl (C=S) groups is 2. The molecular formula is C14H36Br2N4S2. The third kappa shape index (κ3) is 87.2. The molecule has 0 aromatic rings. The summed E-state index contributed by atoms with van der Waals surface area (Å²) in [4.78, 5) is 0. The van der Waals surface area contributed by atoms with Crippen LogP contribution in [0.3, 0.4) is 0 Å². The average molecular weight is 484 g/mol. The summed E-state index contributed by atoms with van der Waals surface area (Å²) in [5.41, 5.74) is 18.5. The van der Waals surface area contributed by atoms with Gasteiger partial charge >= 0.3 is 0 Å². The molecule has 0 fully saturated rings. The summed E-state index contributed by atoms with van der Waals surface area (Å²) in [7, 11) is 0. The summed E-state index contributed by atoms with van der Waals surface area (Å²) in [6, 6.07) is 0. The second kappa shape index (κ2) is 33.1. The zero-order valence-electron chi connectivity index (χ0n) is 14.0. The van der Waals surface area contributed by atoms with Gasteiger partial charge in [0, 0.05) is 0 Å². The predicted molar refractivity (Wildman–Crippen MR) is 120 cm³/mol. The van der Waals surface area contributed by atoms with Crippen LogP contribution in [-0.2, 0) is 0 Å². The Kier molecular flexibility index (Phi) is 50.9. The van der Waals surface area contributed by atoms with Gasteiger partial charge in [-0.25, -0.2) is 0 Å². The van der Waals surface area contributed by atoms with E-state index in [-0.39, 0.29) is 44.2 Å². The van der Waals surface area contributed by atoms with Gasteiger partial charge < -0.3 is 22.9 Å². The van der Waals surface area contributed by atoms with E-state index in [2.05, 4.69) is 61.2 Å². The normalized spacial score (nSPS) is 7.91. The van der Waals surface area contributed by atoms with Crippen molar-refractivity contribution in [2.45, 2.75) is 78.1 Å². The van der Waals surface area contributed by atoms with Crippen LogP contribution in [0, 0.1) is 0 Å². The molecule has 0 atom stereocenters. The number of rotatable bonds is 9. The van der Waals surface area contributed by atoms with Gasteiger partial charge in [-0.05, 0) is 24.4 Å². The standard InChI is InChI=1S/C12H26.2CH4N2S.2BrH/c1-3-5-7-9-11-12-10-8-6-4-2;2*2-1(3)4;;/h3-12H2,1-2H3;2*(H4,2,3,4);2*1H. The lowest BCUT2D eigenvalue weighted by atomic mass is 10.1. The van der Waals surface area contributed by atoms with Crippen molar-refractivity contribution in [2.24, 2.45) is 22.9 Å². The number of hydrogen-bond acceptors (Lipinski definition) is 2. The van der Waals surface area contributed by atoms with Crippen molar-refractivity contribution in [3.05, 3.63) is 0 Å². The van der Waals surface area contributed by atoms with Crippen molar-refractivity contribution < 1.29 is 0 Å². The predicted octanol–water partition coefficient (Wildman–Crippen LogP) is 4.46. The van der Waals surface area contributed by atoms with Gasteiger partial charge in [0.25, 0.3) is 0 Å². The highest BCUT2D eigenvalue weighted by Gasteiger charge is 1.90. The summed E-state index contributed by atoms with van der Waals surface area (Å²) in [6.07, 6.45) is 14.4. The Morgan fingerprint density at radius 1 is 0.545 bits per heavy atom. The van der Waals surface area contributed by atoms with E-state index in [1.165, 1.54) is 64.2 Å². The molecule has 0 aromatic heterocycles. The first-order valence-electron chi connectivity index (χ1n) is 7.48. The average Bonchev–Trinajstić information content (AvgIpc) is 2.31. The number of nitrogens with two attached hydrogens (primary N) is 4. The fourth-order valence-electron chi connectivity index (χ4n) is 1.56. The minimum Gasteiger partial charge on any atom is -0.377 e. The Morgan fingerprint density at radius 2 is 0.682 bits per heavy atom. The van der Waals surface area contributed by atoms with Crippen LogP contribution in [0.4, 0.5) is 0 Å². The Hall–Kier alpha value is 0.340. The van der Waals surface area contributed by atoms with Gasteiger partial charge in [-0.1, -0.05) is 78.1 Å². The van der Waals surface area contributed by atoms with E-state index in [0.29, 0.717) is 0 Å². The van der Waals surface area contributed by atoms with Crippen LogP contribution in [0.5, 0.6) is 0 Å². The van der Waals surface area contributed by atoms with E-state index in [1.807, 2.05) is 0 Å². The van der Waals surface area contributed by atoms with E-state index in [9.17, 15) is 0 Å². The van der Waals surface area contributed by atoms with E-state index < -0.39 is 0 Å². The number of unbranched alkanes of at least 4 members (excludes halogenated alkanes) is 9. The molecule has 8 N–H and O–H groups in total. The molecule has 0 heterocycles. The van der Waals surface area contributed by atoms with E-state index >= 15 is 0 Å². The zero-order valence-corrected chi connectivity index (χ0v) is 19.1. The Bertz CT molecular complexity index is 191. The van der Waals surface area contributed by atoms with Gasteiger partial charge in [0.15, 0.2) is 10.2 Å². The molecular weight excluding hydrogens is 448 g/mol. The van der Waals surface area contributed by atoms with E-state index in [1.54, 1.807) is 0 Å². The van der Waals surface area contributed by atoms with Gasteiger partial charge in [0.2, 0.25) is 0 Å². The molecule has 0 amide bonds. The smallest absolute Gasteiger partial charge is 0.160 e. The molecule has 4 nitrogen and oxygen atoms in total. The lowest BCUT2D eigenvalue weighted by Gasteiger charge is -1.99. The summed E-state index contributed by atoms with van der Waals surface area (Å²) >= 11 is 8.19. The molecule has 0 unspecified atom stereocenters. The van der Waals surface area contributed by atoms with Crippen LogP contribution in [0.15, 0.2) is 0 Å². The van der Waals surface area contributed by atoms with Gasteiger partial charge in [-0.3, -0.25) is 0 Å². The highest BCUT2D eigenvalue weighted by atomic mass is 79.9. The molecule has 8 heteroatoms. The van der Waals surface area contributed by atoms with E-state index in [4.69, 9.17) is 0 Å². The van der Waals surface area contributed by atoms with Crippen LogP contribution >= 0.6 is 58.4 Å².